The molecule has 1 aromatic heterocycles. The van der Waals surface area contributed by atoms with Crippen molar-refractivity contribution in [2.24, 2.45) is 0 Å². The monoisotopic (exact) mass is 372 g/mol. The second kappa shape index (κ2) is 6.57. The SMILES string of the molecule is CN(Cc1ccccc1Br)C(=O)c1nc(Cl)ccc1Cl. The van der Waals surface area contributed by atoms with Crippen LogP contribution < -0.4 is 0 Å². The maximum atomic E-state index is 12.3. The van der Waals surface area contributed by atoms with Crippen LogP contribution in [0.2, 0.25) is 10.2 Å². The summed E-state index contributed by atoms with van der Waals surface area (Å²) in [5, 5.41) is 0.533. The van der Waals surface area contributed by atoms with Gasteiger partial charge in [-0.25, -0.2) is 4.98 Å². The molecule has 104 valence electrons. The van der Waals surface area contributed by atoms with Crippen molar-refractivity contribution in [2.75, 3.05) is 7.05 Å². The summed E-state index contributed by atoms with van der Waals surface area (Å²) in [6, 6.07) is 10.8. The summed E-state index contributed by atoms with van der Waals surface area (Å²) < 4.78 is 0.949. The summed E-state index contributed by atoms with van der Waals surface area (Å²) in [4.78, 5) is 17.9. The van der Waals surface area contributed by atoms with Gasteiger partial charge in [0.25, 0.3) is 5.91 Å². The van der Waals surface area contributed by atoms with Gasteiger partial charge in [0.05, 0.1) is 5.02 Å². The quantitative estimate of drug-likeness (QED) is 0.746. The van der Waals surface area contributed by atoms with Crippen molar-refractivity contribution in [2.45, 2.75) is 6.54 Å². The van der Waals surface area contributed by atoms with Crippen LogP contribution in [0.15, 0.2) is 40.9 Å². The van der Waals surface area contributed by atoms with E-state index in [0.29, 0.717) is 11.6 Å². The van der Waals surface area contributed by atoms with Gasteiger partial charge in [0, 0.05) is 18.1 Å². The molecule has 0 radical (unpaired) electrons. The number of hydrogen-bond donors (Lipinski definition) is 0. The molecule has 0 aliphatic heterocycles. The van der Waals surface area contributed by atoms with Crippen LogP contribution in [-0.4, -0.2) is 22.8 Å². The number of carbonyl (C=O) groups excluding carboxylic acids is 1. The molecule has 1 heterocycles. The first-order chi connectivity index (χ1) is 9.49. The number of carbonyl (C=O) groups is 1. The molecule has 0 N–H and O–H groups in total. The molecule has 1 amide bonds. The second-order valence-electron chi connectivity index (χ2n) is 4.22. The van der Waals surface area contributed by atoms with Crippen LogP contribution in [0.1, 0.15) is 16.1 Å². The number of pyridine rings is 1. The van der Waals surface area contributed by atoms with E-state index in [1.165, 1.54) is 0 Å². The Morgan fingerprint density at radius 1 is 1.25 bits per heavy atom. The van der Waals surface area contributed by atoms with Crippen LogP contribution in [0.4, 0.5) is 0 Å². The average Bonchev–Trinajstić information content (AvgIpc) is 2.43. The molecule has 1 aromatic carbocycles. The average molecular weight is 374 g/mol. The molecule has 0 spiro atoms. The largest absolute Gasteiger partial charge is 0.336 e. The number of amides is 1. The van der Waals surface area contributed by atoms with Crippen LogP contribution in [0.3, 0.4) is 0 Å². The molecule has 0 aliphatic carbocycles. The van der Waals surface area contributed by atoms with Crippen LogP contribution in [0, 0.1) is 0 Å². The topological polar surface area (TPSA) is 33.2 Å². The predicted molar refractivity (Wildman–Crippen MR) is 84.2 cm³/mol. The van der Waals surface area contributed by atoms with Gasteiger partial charge in [0.15, 0.2) is 0 Å². The Balaban J connectivity index is 2.21. The number of aromatic nitrogens is 1. The smallest absolute Gasteiger partial charge is 0.274 e. The molecule has 2 rings (SSSR count). The third-order valence-electron chi connectivity index (χ3n) is 2.73. The van der Waals surface area contributed by atoms with Gasteiger partial charge in [-0.2, -0.15) is 0 Å². The van der Waals surface area contributed by atoms with E-state index in [-0.39, 0.29) is 16.8 Å². The molecule has 0 bridgehead atoms. The molecule has 20 heavy (non-hydrogen) atoms. The zero-order valence-corrected chi connectivity index (χ0v) is 13.7. The van der Waals surface area contributed by atoms with Crippen molar-refractivity contribution < 1.29 is 4.79 Å². The molecule has 6 heteroatoms. The first kappa shape index (κ1) is 15.3. The first-order valence-electron chi connectivity index (χ1n) is 5.80. The van der Waals surface area contributed by atoms with E-state index in [1.54, 1.807) is 24.1 Å². The predicted octanol–water partition coefficient (Wildman–Crippen LogP) is 4.42. The van der Waals surface area contributed by atoms with Gasteiger partial charge in [-0.15, -0.1) is 0 Å². The molecular weight excluding hydrogens is 363 g/mol. The van der Waals surface area contributed by atoms with Crippen LogP contribution in [-0.2, 0) is 6.54 Å². The van der Waals surface area contributed by atoms with Gasteiger partial charge < -0.3 is 4.90 Å². The Bertz CT molecular complexity index is 649. The Labute approximate surface area is 135 Å². The highest BCUT2D eigenvalue weighted by Gasteiger charge is 2.18. The van der Waals surface area contributed by atoms with Crippen molar-refractivity contribution in [3.8, 4) is 0 Å². The minimum absolute atomic E-state index is 0.161. The minimum Gasteiger partial charge on any atom is -0.336 e. The molecule has 3 nitrogen and oxygen atoms in total. The zero-order valence-electron chi connectivity index (χ0n) is 10.6. The normalized spacial score (nSPS) is 10.4. The second-order valence-corrected chi connectivity index (χ2v) is 5.87. The summed E-state index contributed by atoms with van der Waals surface area (Å²) in [7, 11) is 1.70. The number of halogens is 3. The molecule has 0 saturated heterocycles. The van der Waals surface area contributed by atoms with E-state index in [2.05, 4.69) is 20.9 Å². The lowest BCUT2D eigenvalue weighted by molar-refractivity contribution is 0.0779. The highest BCUT2D eigenvalue weighted by molar-refractivity contribution is 9.10. The molecule has 0 atom stereocenters. The molecule has 0 aliphatic rings. The van der Waals surface area contributed by atoms with E-state index < -0.39 is 0 Å². The fraction of sp³-hybridized carbons (Fsp3) is 0.143. The van der Waals surface area contributed by atoms with Crippen LogP contribution >= 0.6 is 39.1 Å². The van der Waals surface area contributed by atoms with Gasteiger partial charge in [0.1, 0.15) is 10.8 Å². The van der Waals surface area contributed by atoms with Crippen molar-refractivity contribution in [1.29, 1.82) is 0 Å². The Kier molecular flexibility index (Phi) is 5.02. The van der Waals surface area contributed by atoms with Crippen molar-refractivity contribution in [3.63, 3.8) is 0 Å². The van der Waals surface area contributed by atoms with E-state index in [9.17, 15) is 4.79 Å². The van der Waals surface area contributed by atoms with E-state index in [0.717, 1.165) is 10.0 Å². The number of benzene rings is 1. The van der Waals surface area contributed by atoms with Gasteiger partial charge in [0.2, 0.25) is 0 Å². The van der Waals surface area contributed by atoms with E-state index in [1.807, 2.05) is 24.3 Å². The standard InChI is InChI=1S/C14H11BrCl2N2O/c1-19(8-9-4-2-3-5-10(9)15)14(20)13-11(16)6-7-12(17)18-13/h2-7H,8H2,1H3. The molecule has 2 aromatic rings. The lowest BCUT2D eigenvalue weighted by atomic mass is 10.2. The van der Waals surface area contributed by atoms with Crippen molar-refractivity contribution in [1.82, 2.24) is 9.88 Å². The molecule has 0 fully saturated rings. The van der Waals surface area contributed by atoms with Crippen molar-refractivity contribution >= 4 is 45.0 Å². The molecular formula is C14H11BrCl2N2O. The Hall–Kier alpha value is -1.10. The maximum absolute atomic E-state index is 12.3. The summed E-state index contributed by atoms with van der Waals surface area (Å²) in [6.45, 7) is 0.449. The number of rotatable bonds is 3. The first-order valence-corrected chi connectivity index (χ1v) is 7.35. The fourth-order valence-corrected chi connectivity index (χ4v) is 2.45. The van der Waals surface area contributed by atoms with Gasteiger partial charge >= 0.3 is 0 Å². The third-order valence-corrected chi connectivity index (χ3v) is 4.02. The minimum atomic E-state index is -0.270. The van der Waals surface area contributed by atoms with Gasteiger partial charge in [-0.3, -0.25) is 4.79 Å². The van der Waals surface area contributed by atoms with E-state index >= 15 is 0 Å². The Morgan fingerprint density at radius 3 is 2.65 bits per heavy atom. The van der Waals surface area contributed by atoms with Crippen LogP contribution in [0.5, 0.6) is 0 Å². The summed E-state index contributed by atoms with van der Waals surface area (Å²) in [5.74, 6) is -0.270. The number of nitrogens with zero attached hydrogens (tertiary/aromatic N) is 2. The summed E-state index contributed by atoms with van der Waals surface area (Å²) in [6.07, 6.45) is 0. The van der Waals surface area contributed by atoms with Gasteiger partial charge in [-0.05, 0) is 23.8 Å². The lowest BCUT2D eigenvalue weighted by Crippen LogP contribution is -2.27. The lowest BCUT2D eigenvalue weighted by Gasteiger charge is -2.18. The third kappa shape index (κ3) is 3.51. The van der Waals surface area contributed by atoms with E-state index in [4.69, 9.17) is 23.2 Å². The number of hydrogen-bond acceptors (Lipinski definition) is 2. The summed E-state index contributed by atoms with van der Waals surface area (Å²) >= 11 is 15.2. The zero-order chi connectivity index (χ0) is 14.7. The maximum Gasteiger partial charge on any atom is 0.274 e. The molecule has 0 saturated carbocycles. The highest BCUT2D eigenvalue weighted by Crippen LogP contribution is 2.21. The summed E-state index contributed by atoms with van der Waals surface area (Å²) in [5.41, 5.74) is 1.16. The van der Waals surface area contributed by atoms with Crippen LogP contribution in [0.25, 0.3) is 0 Å². The molecule has 0 unspecified atom stereocenters. The highest BCUT2D eigenvalue weighted by atomic mass is 79.9. The van der Waals surface area contributed by atoms with Gasteiger partial charge in [-0.1, -0.05) is 57.3 Å². The Morgan fingerprint density at radius 2 is 1.95 bits per heavy atom. The fourth-order valence-electron chi connectivity index (χ4n) is 1.70. The van der Waals surface area contributed by atoms with Crippen molar-refractivity contribution in [3.05, 3.63) is 62.3 Å².